The molecule has 3 rings (SSSR count). The van der Waals surface area contributed by atoms with Gasteiger partial charge in [0.2, 0.25) is 11.8 Å². The van der Waals surface area contributed by atoms with Crippen LogP contribution in [-0.2, 0) is 0 Å². The molecule has 1 aromatic heterocycles. The minimum absolute atomic E-state index is 0.0816. The largest absolute Gasteiger partial charge is 0.417 e. The molecule has 0 aliphatic carbocycles. The van der Waals surface area contributed by atoms with Crippen molar-refractivity contribution in [2.45, 2.75) is 6.10 Å². The first-order valence-electron chi connectivity index (χ1n) is 6.17. The van der Waals surface area contributed by atoms with Crippen molar-refractivity contribution in [1.29, 1.82) is 0 Å². The van der Waals surface area contributed by atoms with Gasteiger partial charge in [0.1, 0.15) is 0 Å². The van der Waals surface area contributed by atoms with E-state index in [0.717, 1.165) is 5.56 Å². The fourth-order valence-corrected chi connectivity index (χ4v) is 2.41. The van der Waals surface area contributed by atoms with Crippen LogP contribution < -0.4 is 0 Å². The Morgan fingerprint density at radius 3 is 2.48 bits per heavy atom. The topological polar surface area (TPSA) is 59.2 Å². The highest BCUT2D eigenvalue weighted by atomic mass is 35.5. The van der Waals surface area contributed by atoms with E-state index in [4.69, 9.17) is 27.6 Å². The number of hydrogen-bond donors (Lipinski definition) is 1. The van der Waals surface area contributed by atoms with Gasteiger partial charge in [-0.1, -0.05) is 47.5 Å². The van der Waals surface area contributed by atoms with Gasteiger partial charge in [-0.3, -0.25) is 0 Å². The van der Waals surface area contributed by atoms with E-state index in [1.807, 2.05) is 30.3 Å². The van der Waals surface area contributed by atoms with Crippen LogP contribution >= 0.6 is 23.2 Å². The van der Waals surface area contributed by atoms with E-state index in [1.165, 1.54) is 0 Å². The van der Waals surface area contributed by atoms with E-state index in [1.54, 1.807) is 18.2 Å². The van der Waals surface area contributed by atoms with Crippen LogP contribution in [0.1, 0.15) is 17.6 Å². The molecular weight excluding hydrogens is 311 g/mol. The lowest BCUT2D eigenvalue weighted by Gasteiger charge is -2.08. The lowest BCUT2D eigenvalue weighted by Crippen LogP contribution is -2.00. The molecule has 6 heteroatoms. The van der Waals surface area contributed by atoms with Crippen LogP contribution in [0.5, 0.6) is 0 Å². The summed E-state index contributed by atoms with van der Waals surface area (Å²) in [6.07, 6.45) is -1.10. The summed E-state index contributed by atoms with van der Waals surface area (Å²) in [6, 6.07) is 14.1. The van der Waals surface area contributed by atoms with Crippen LogP contribution in [0.25, 0.3) is 11.5 Å². The lowest BCUT2D eigenvalue weighted by molar-refractivity contribution is 0.183. The molecule has 0 amide bonds. The summed E-state index contributed by atoms with van der Waals surface area (Å²) in [5.74, 6) is 0.424. The molecule has 106 valence electrons. The van der Waals surface area contributed by atoms with Crippen molar-refractivity contribution < 1.29 is 9.52 Å². The molecule has 0 radical (unpaired) electrons. The Hall–Kier alpha value is -1.88. The maximum absolute atomic E-state index is 10.3. The van der Waals surface area contributed by atoms with E-state index in [9.17, 15) is 5.11 Å². The summed E-state index contributed by atoms with van der Waals surface area (Å²) in [6.45, 7) is 0. The zero-order chi connectivity index (χ0) is 14.8. The van der Waals surface area contributed by atoms with Gasteiger partial charge in [-0.2, -0.15) is 0 Å². The van der Waals surface area contributed by atoms with Crippen LogP contribution in [0.3, 0.4) is 0 Å². The minimum Gasteiger partial charge on any atom is -0.417 e. The third-order valence-corrected chi connectivity index (χ3v) is 3.51. The molecule has 0 saturated heterocycles. The van der Waals surface area contributed by atoms with Crippen molar-refractivity contribution in [1.82, 2.24) is 10.2 Å². The highest BCUT2D eigenvalue weighted by Gasteiger charge is 2.21. The number of aliphatic hydroxyl groups excluding tert-OH is 1. The Balaban J connectivity index is 1.92. The monoisotopic (exact) mass is 320 g/mol. The fraction of sp³-hybridized carbons (Fsp3) is 0.0667. The number of nitrogens with zero attached hydrogens (tertiary/aromatic N) is 2. The number of rotatable bonds is 3. The highest BCUT2D eigenvalue weighted by Crippen LogP contribution is 2.30. The second-order valence-corrected chi connectivity index (χ2v) is 5.22. The molecule has 4 nitrogen and oxygen atoms in total. The standard InChI is InChI=1S/C15H10Cl2N2O2/c16-10-6-7-11(12(17)8-10)13(20)15-19-18-14(21-15)9-4-2-1-3-5-9/h1-8,13,20H. The highest BCUT2D eigenvalue weighted by molar-refractivity contribution is 6.35. The second-order valence-electron chi connectivity index (χ2n) is 4.38. The van der Waals surface area contributed by atoms with E-state index in [-0.39, 0.29) is 5.89 Å². The molecular formula is C15H10Cl2N2O2. The van der Waals surface area contributed by atoms with E-state index in [2.05, 4.69) is 10.2 Å². The van der Waals surface area contributed by atoms with E-state index < -0.39 is 6.10 Å². The molecule has 1 heterocycles. The molecule has 1 atom stereocenters. The first-order chi connectivity index (χ1) is 10.1. The normalized spacial score (nSPS) is 12.3. The minimum atomic E-state index is -1.10. The first kappa shape index (κ1) is 14.1. The third kappa shape index (κ3) is 2.93. The molecule has 0 saturated carbocycles. The predicted octanol–water partition coefficient (Wildman–Crippen LogP) is 4.13. The summed E-state index contributed by atoms with van der Waals surface area (Å²) in [5.41, 5.74) is 1.25. The molecule has 0 bridgehead atoms. The van der Waals surface area contributed by atoms with Gasteiger partial charge < -0.3 is 9.52 Å². The van der Waals surface area contributed by atoms with Crippen LogP contribution in [0.15, 0.2) is 52.9 Å². The smallest absolute Gasteiger partial charge is 0.249 e. The Labute approximate surface area is 131 Å². The van der Waals surface area contributed by atoms with Crippen molar-refractivity contribution in [2.75, 3.05) is 0 Å². The van der Waals surface area contributed by atoms with Gasteiger partial charge in [0.25, 0.3) is 0 Å². The van der Waals surface area contributed by atoms with Crippen molar-refractivity contribution in [3.63, 3.8) is 0 Å². The van der Waals surface area contributed by atoms with Gasteiger partial charge in [0.05, 0.1) is 0 Å². The van der Waals surface area contributed by atoms with Crippen LogP contribution in [0, 0.1) is 0 Å². The molecule has 0 aliphatic rings. The molecule has 1 N–H and O–H groups in total. The van der Waals surface area contributed by atoms with Crippen LogP contribution in [0.2, 0.25) is 10.0 Å². The van der Waals surface area contributed by atoms with E-state index in [0.29, 0.717) is 21.5 Å². The van der Waals surface area contributed by atoms with Crippen molar-refractivity contribution in [2.24, 2.45) is 0 Å². The van der Waals surface area contributed by atoms with E-state index >= 15 is 0 Å². The third-order valence-electron chi connectivity index (χ3n) is 2.95. The van der Waals surface area contributed by atoms with Crippen molar-refractivity contribution in [3.05, 3.63) is 70.0 Å². The summed E-state index contributed by atoms with van der Waals surface area (Å²) < 4.78 is 5.51. The molecule has 21 heavy (non-hydrogen) atoms. The summed E-state index contributed by atoms with van der Waals surface area (Å²) in [7, 11) is 0. The molecule has 0 fully saturated rings. The molecule has 1 unspecified atom stereocenters. The summed E-state index contributed by atoms with van der Waals surface area (Å²) in [5, 5.41) is 18.9. The average Bonchev–Trinajstić information content (AvgIpc) is 2.97. The Morgan fingerprint density at radius 1 is 1.00 bits per heavy atom. The van der Waals surface area contributed by atoms with Crippen molar-refractivity contribution >= 4 is 23.2 Å². The Bertz CT molecular complexity index is 759. The molecule has 2 aromatic carbocycles. The number of aromatic nitrogens is 2. The summed E-state index contributed by atoms with van der Waals surface area (Å²) >= 11 is 11.9. The number of benzene rings is 2. The fourth-order valence-electron chi connectivity index (χ4n) is 1.90. The number of aliphatic hydroxyl groups is 1. The average molecular weight is 321 g/mol. The SMILES string of the molecule is OC(c1nnc(-c2ccccc2)o1)c1ccc(Cl)cc1Cl. The maximum atomic E-state index is 10.3. The van der Waals surface area contributed by atoms with Gasteiger partial charge in [0.15, 0.2) is 6.10 Å². The molecule has 3 aromatic rings. The van der Waals surface area contributed by atoms with Gasteiger partial charge in [0, 0.05) is 21.2 Å². The van der Waals surface area contributed by atoms with Gasteiger partial charge in [-0.25, -0.2) is 0 Å². The Morgan fingerprint density at radius 2 is 1.76 bits per heavy atom. The van der Waals surface area contributed by atoms with Crippen molar-refractivity contribution in [3.8, 4) is 11.5 Å². The molecule has 0 aliphatic heterocycles. The van der Waals surface area contributed by atoms with Gasteiger partial charge >= 0.3 is 0 Å². The van der Waals surface area contributed by atoms with Crippen LogP contribution in [-0.4, -0.2) is 15.3 Å². The lowest BCUT2D eigenvalue weighted by atomic mass is 10.1. The Kier molecular flexibility index (Phi) is 3.92. The van der Waals surface area contributed by atoms with Gasteiger partial charge in [-0.15, -0.1) is 10.2 Å². The zero-order valence-corrected chi connectivity index (χ0v) is 12.2. The number of halogens is 2. The zero-order valence-electron chi connectivity index (χ0n) is 10.7. The first-order valence-corrected chi connectivity index (χ1v) is 6.92. The number of hydrogen-bond acceptors (Lipinski definition) is 4. The predicted molar refractivity (Wildman–Crippen MR) is 80.3 cm³/mol. The summed E-state index contributed by atoms with van der Waals surface area (Å²) in [4.78, 5) is 0. The molecule has 0 spiro atoms. The second kappa shape index (κ2) is 5.85. The maximum Gasteiger partial charge on any atom is 0.249 e. The van der Waals surface area contributed by atoms with Crippen LogP contribution in [0.4, 0.5) is 0 Å². The quantitative estimate of drug-likeness (QED) is 0.788. The van der Waals surface area contributed by atoms with Gasteiger partial charge in [-0.05, 0) is 24.3 Å².